The number of halogens is 1. The molecule has 0 aliphatic carbocycles. The number of benzene rings is 2. The van der Waals surface area contributed by atoms with Crippen molar-refractivity contribution in [2.75, 3.05) is 18.9 Å². The Morgan fingerprint density at radius 3 is 2.46 bits per heavy atom. The van der Waals surface area contributed by atoms with Gasteiger partial charge in [-0.05, 0) is 23.8 Å². The lowest BCUT2D eigenvalue weighted by Gasteiger charge is -2.14. The topological polar surface area (TPSA) is 81.7 Å². The minimum atomic E-state index is -4.16. The highest BCUT2D eigenvalue weighted by Crippen LogP contribution is 2.38. The van der Waals surface area contributed by atoms with Gasteiger partial charge in [0.15, 0.2) is 0 Å². The average molecular weight is 438 g/mol. The van der Waals surface area contributed by atoms with Crippen molar-refractivity contribution in [3.63, 3.8) is 0 Å². The van der Waals surface area contributed by atoms with Crippen LogP contribution >= 0.6 is 22.9 Å². The first kappa shape index (κ1) is 20.2. The quantitative estimate of drug-likeness (QED) is 0.567. The van der Waals surface area contributed by atoms with Crippen molar-refractivity contribution < 1.29 is 22.7 Å². The Hall–Kier alpha value is -2.55. The van der Waals surface area contributed by atoms with Gasteiger partial charge in [0, 0.05) is 16.0 Å². The second-order valence-electron chi connectivity index (χ2n) is 5.62. The molecule has 0 saturated carbocycles. The van der Waals surface area contributed by atoms with Gasteiger partial charge in [-0.15, -0.1) is 11.3 Å². The van der Waals surface area contributed by atoms with E-state index in [9.17, 15) is 13.2 Å². The van der Waals surface area contributed by atoms with Crippen molar-refractivity contribution >= 4 is 44.6 Å². The smallest absolute Gasteiger partial charge is 0.349 e. The molecule has 0 fully saturated rings. The molecule has 2 aromatic carbocycles. The summed E-state index contributed by atoms with van der Waals surface area (Å²) in [6, 6.07) is 13.5. The summed E-state index contributed by atoms with van der Waals surface area (Å²) >= 11 is 7.00. The SMILES string of the molecule is COC(=O)c1scc(-c2ccccc2)c1S(=O)(=O)Nc1cc(Cl)ccc1OC. The lowest BCUT2D eigenvalue weighted by molar-refractivity contribution is 0.0602. The highest BCUT2D eigenvalue weighted by atomic mass is 35.5. The molecule has 0 atom stereocenters. The molecule has 0 radical (unpaired) electrons. The van der Waals surface area contributed by atoms with Crippen LogP contribution in [-0.2, 0) is 14.8 Å². The molecule has 3 rings (SSSR count). The van der Waals surface area contributed by atoms with Crippen LogP contribution in [0.2, 0.25) is 5.02 Å². The molecule has 146 valence electrons. The molecule has 0 aliphatic heterocycles. The van der Waals surface area contributed by atoms with Crippen LogP contribution in [0.15, 0.2) is 58.8 Å². The number of hydrogen-bond donors (Lipinski definition) is 1. The summed E-state index contributed by atoms with van der Waals surface area (Å²) < 4.78 is 39.0. The van der Waals surface area contributed by atoms with Crippen LogP contribution < -0.4 is 9.46 Å². The zero-order valence-corrected chi connectivity index (χ0v) is 17.3. The summed E-state index contributed by atoms with van der Waals surface area (Å²) in [5.74, 6) is -0.435. The molecule has 28 heavy (non-hydrogen) atoms. The molecule has 3 aromatic rings. The Labute approximate surface area is 171 Å². The number of ether oxygens (including phenoxy) is 2. The molecular weight excluding hydrogens is 422 g/mol. The number of thiophene rings is 1. The van der Waals surface area contributed by atoms with Crippen LogP contribution in [-0.4, -0.2) is 28.6 Å². The van der Waals surface area contributed by atoms with Gasteiger partial charge in [-0.3, -0.25) is 4.72 Å². The van der Waals surface area contributed by atoms with Gasteiger partial charge >= 0.3 is 5.97 Å². The standard InChI is InChI=1S/C19H16ClNO5S2/c1-25-16-9-8-13(20)10-15(16)21-28(23,24)18-14(12-6-4-3-5-7-12)11-27-17(18)19(22)26-2/h3-11,21H,1-2H3. The van der Waals surface area contributed by atoms with Crippen LogP contribution in [0.1, 0.15) is 9.67 Å². The van der Waals surface area contributed by atoms with Crippen LogP contribution in [0.25, 0.3) is 11.1 Å². The molecule has 1 aromatic heterocycles. The summed E-state index contributed by atoms with van der Waals surface area (Å²) in [5, 5.41) is 1.95. The maximum Gasteiger partial charge on any atom is 0.349 e. The van der Waals surface area contributed by atoms with E-state index in [4.69, 9.17) is 21.1 Å². The first-order valence-electron chi connectivity index (χ1n) is 7.99. The lowest BCUT2D eigenvalue weighted by Crippen LogP contribution is -2.17. The van der Waals surface area contributed by atoms with Crippen molar-refractivity contribution in [1.29, 1.82) is 0 Å². The second kappa shape index (κ2) is 8.22. The van der Waals surface area contributed by atoms with Crippen LogP contribution in [0, 0.1) is 0 Å². The van der Waals surface area contributed by atoms with E-state index in [1.807, 2.05) is 6.07 Å². The molecule has 0 spiro atoms. The lowest BCUT2D eigenvalue weighted by atomic mass is 10.1. The van der Waals surface area contributed by atoms with Gasteiger partial charge in [0.05, 0.1) is 19.9 Å². The molecule has 0 saturated heterocycles. The van der Waals surface area contributed by atoms with E-state index in [-0.39, 0.29) is 15.5 Å². The normalized spacial score (nSPS) is 11.1. The monoisotopic (exact) mass is 437 g/mol. The first-order valence-corrected chi connectivity index (χ1v) is 10.7. The Kier molecular flexibility index (Phi) is 5.93. The minimum absolute atomic E-state index is 0.0187. The summed E-state index contributed by atoms with van der Waals surface area (Å²) in [7, 11) is -1.54. The Morgan fingerprint density at radius 2 is 1.82 bits per heavy atom. The minimum Gasteiger partial charge on any atom is -0.495 e. The third-order valence-corrected chi connectivity index (χ3v) is 6.65. The predicted octanol–water partition coefficient (Wildman–Crippen LogP) is 4.66. The van der Waals surface area contributed by atoms with E-state index in [1.165, 1.54) is 20.3 Å². The van der Waals surface area contributed by atoms with E-state index < -0.39 is 16.0 Å². The van der Waals surface area contributed by atoms with E-state index in [1.54, 1.807) is 41.8 Å². The second-order valence-corrected chi connectivity index (χ2v) is 8.55. The van der Waals surface area contributed by atoms with Gasteiger partial charge in [0.25, 0.3) is 10.0 Å². The van der Waals surface area contributed by atoms with E-state index in [0.29, 0.717) is 21.9 Å². The highest BCUT2D eigenvalue weighted by molar-refractivity contribution is 7.93. The Bertz CT molecular complexity index is 1110. The van der Waals surface area contributed by atoms with Crippen LogP contribution in [0.4, 0.5) is 5.69 Å². The fraction of sp³-hybridized carbons (Fsp3) is 0.105. The molecule has 1 heterocycles. The molecule has 1 N–H and O–H groups in total. The summed E-state index contributed by atoms with van der Waals surface area (Å²) in [6.07, 6.45) is 0. The number of sulfonamides is 1. The zero-order valence-electron chi connectivity index (χ0n) is 14.9. The third kappa shape index (κ3) is 3.99. The number of anilines is 1. The van der Waals surface area contributed by atoms with E-state index in [2.05, 4.69) is 4.72 Å². The fourth-order valence-corrected chi connectivity index (χ4v) is 5.57. The van der Waals surface area contributed by atoms with Gasteiger partial charge in [-0.25, -0.2) is 13.2 Å². The number of nitrogens with one attached hydrogen (secondary N) is 1. The predicted molar refractivity (Wildman–Crippen MR) is 110 cm³/mol. The Balaban J connectivity index is 2.17. The van der Waals surface area contributed by atoms with Crippen molar-refractivity contribution in [2.45, 2.75) is 4.90 Å². The highest BCUT2D eigenvalue weighted by Gasteiger charge is 2.30. The van der Waals surface area contributed by atoms with Crippen LogP contribution in [0.3, 0.4) is 0 Å². The molecule has 0 unspecified atom stereocenters. The number of methoxy groups -OCH3 is 2. The number of rotatable bonds is 6. The van der Waals surface area contributed by atoms with E-state index in [0.717, 1.165) is 11.3 Å². The van der Waals surface area contributed by atoms with Gasteiger partial charge in [0.2, 0.25) is 0 Å². The molecule has 0 amide bonds. The zero-order chi connectivity index (χ0) is 20.3. The number of esters is 1. The van der Waals surface area contributed by atoms with Crippen molar-refractivity contribution in [3.05, 3.63) is 63.8 Å². The molecule has 6 nitrogen and oxygen atoms in total. The number of carbonyl (C=O) groups excluding carboxylic acids is 1. The largest absolute Gasteiger partial charge is 0.495 e. The first-order chi connectivity index (χ1) is 13.4. The summed E-state index contributed by atoms with van der Waals surface area (Å²) in [6.45, 7) is 0. The van der Waals surface area contributed by atoms with Gasteiger partial charge in [0.1, 0.15) is 15.5 Å². The number of carbonyl (C=O) groups is 1. The maximum absolute atomic E-state index is 13.3. The van der Waals surface area contributed by atoms with Gasteiger partial charge < -0.3 is 9.47 Å². The summed E-state index contributed by atoms with van der Waals surface area (Å²) in [5.41, 5.74) is 1.22. The summed E-state index contributed by atoms with van der Waals surface area (Å²) in [4.78, 5) is 12.0. The van der Waals surface area contributed by atoms with Gasteiger partial charge in [-0.1, -0.05) is 41.9 Å². The molecule has 0 aliphatic rings. The molecular formula is C19H16ClNO5S2. The Morgan fingerprint density at radius 1 is 1.11 bits per heavy atom. The van der Waals surface area contributed by atoms with Crippen LogP contribution in [0.5, 0.6) is 5.75 Å². The van der Waals surface area contributed by atoms with Crippen molar-refractivity contribution in [1.82, 2.24) is 0 Å². The molecule has 9 heteroatoms. The number of hydrogen-bond acceptors (Lipinski definition) is 6. The van der Waals surface area contributed by atoms with E-state index >= 15 is 0 Å². The average Bonchev–Trinajstić information content (AvgIpc) is 3.14. The maximum atomic E-state index is 13.3. The third-order valence-electron chi connectivity index (χ3n) is 3.88. The molecule has 0 bridgehead atoms. The fourth-order valence-electron chi connectivity index (χ4n) is 2.62. The van der Waals surface area contributed by atoms with Gasteiger partial charge in [-0.2, -0.15) is 0 Å². The van der Waals surface area contributed by atoms with Crippen molar-refractivity contribution in [2.24, 2.45) is 0 Å². The van der Waals surface area contributed by atoms with Crippen molar-refractivity contribution in [3.8, 4) is 16.9 Å².